The molecule has 0 amide bonds. The van der Waals surface area contributed by atoms with Gasteiger partial charge >= 0.3 is 12.1 Å². The first-order valence-electron chi connectivity index (χ1n) is 7.14. The number of nitrogens with zero attached hydrogens (tertiary/aromatic N) is 2. The van der Waals surface area contributed by atoms with Crippen LogP contribution in [0, 0.1) is 0 Å². The van der Waals surface area contributed by atoms with E-state index in [9.17, 15) is 18.0 Å². The summed E-state index contributed by atoms with van der Waals surface area (Å²) in [4.78, 5) is 11.0. The second-order valence-electron chi connectivity index (χ2n) is 5.22. The topological polar surface area (TPSA) is 52.9 Å². The molecule has 0 radical (unpaired) electrons. The number of carboxylic acid groups (broad SMARTS) is 1. The fourth-order valence-electron chi connectivity index (χ4n) is 1.99. The number of benzene rings is 2. The predicted molar refractivity (Wildman–Crippen MR) is 89.8 cm³/mol. The number of carbonyl (C=O) groups is 1. The number of hydrazone groups is 1. The molecule has 0 aliphatic heterocycles. The van der Waals surface area contributed by atoms with Crippen molar-refractivity contribution in [2.75, 3.05) is 5.01 Å². The number of aliphatic carboxylic acids is 1. The van der Waals surface area contributed by atoms with Gasteiger partial charge in [-0.25, -0.2) is 4.79 Å². The van der Waals surface area contributed by atoms with Crippen LogP contribution in [0.25, 0.3) is 0 Å². The van der Waals surface area contributed by atoms with E-state index in [4.69, 9.17) is 16.7 Å². The van der Waals surface area contributed by atoms with Crippen molar-refractivity contribution < 1.29 is 23.1 Å². The van der Waals surface area contributed by atoms with E-state index in [1.807, 2.05) is 0 Å². The third kappa shape index (κ3) is 5.22. The monoisotopic (exact) mass is 370 g/mol. The van der Waals surface area contributed by atoms with Crippen LogP contribution in [0.4, 0.5) is 18.9 Å². The predicted octanol–water partition coefficient (Wildman–Crippen LogP) is 4.83. The van der Waals surface area contributed by atoms with E-state index in [-0.39, 0.29) is 12.3 Å². The van der Waals surface area contributed by atoms with Gasteiger partial charge in [0, 0.05) is 5.02 Å². The van der Waals surface area contributed by atoms with Crippen LogP contribution < -0.4 is 5.01 Å². The zero-order valence-electron chi connectivity index (χ0n) is 13.1. The van der Waals surface area contributed by atoms with Crippen molar-refractivity contribution in [1.29, 1.82) is 0 Å². The summed E-state index contributed by atoms with van der Waals surface area (Å²) in [7, 11) is 0. The van der Waals surface area contributed by atoms with Gasteiger partial charge in [-0.1, -0.05) is 23.7 Å². The Kier molecular flexibility index (Phi) is 5.69. The molecule has 0 unspecified atom stereocenters. The molecule has 0 aliphatic rings. The second-order valence-corrected chi connectivity index (χ2v) is 5.66. The standard InChI is InChI=1S/C17H14ClF3N2O2/c1-11(16(24)25)22-23(10-12-2-6-14(18)7-3-12)15-8-4-13(5-9-15)17(19,20)21/h2-9H,10H2,1H3,(H,24,25). The molecule has 8 heteroatoms. The van der Waals surface area contributed by atoms with Crippen LogP contribution >= 0.6 is 11.6 Å². The quantitative estimate of drug-likeness (QED) is 0.606. The van der Waals surface area contributed by atoms with Gasteiger partial charge in [-0.2, -0.15) is 18.3 Å². The lowest BCUT2D eigenvalue weighted by Crippen LogP contribution is -2.21. The number of rotatable bonds is 5. The highest BCUT2D eigenvalue weighted by molar-refractivity contribution is 6.34. The molecule has 0 heterocycles. The average molecular weight is 371 g/mol. The van der Waals surface area contributed by atoms with E-state index < -0.39 is 17.7 Å². The molecule has 132 valence electrons. The van der Waals surface area contributed by atoms with Crippen molar-refractivity contribution in [3.05, 3.63) is 64.7 Å². The Balaban J connectivity index is 2.35. The maximum absolute atomic E-state index is 12.7. The van der Waals surface area contributed by atoms with Crippen LogP contribution in [0.1, 0.15) is 18.1 Å². The Hall–Kier alpha value is -2.54. The highest BCUT2D eigenvalue weighted by Gasteiger charge is 2.30. The molecule has 2 aromatic rings. The molecule has 0 atom stereocenters. The third-order valence-electron chi connectivity index (χ3n) is 3.32. The van der Waals surface area contributed by atoms with Gasteiger partial charge in [0.05, 0.1) is 17.8 Å². The molecular formula is C17H14ClF3N2O2. The summed E-state index contributed by atoms with van der Waals surface area (Å²) in [6.45, 7) is 1.48. The van der Waals surface area contributed by atoms with Crippen molar-refractivity contribution in [2.45, 2.75) is 19.6 Å². The molecule has 2 aromatic carbocycles. The van der Waals surface area contributed by atoms with E-state index in [2.05, 4.69) is 5.10 Å². The molecule has 25 heavy (non-hydrogen) atoms. The van der Waals surface area contributed by atoms with Gasteiger partial charge in [0.15, 0.2) is 0 Å². The van der Waals surface area contributed by atoms with Crippen LogP contribution in [-0.4, -0.2) is 16.8 Å². The minimum atomic E-state index is -4.44. The van der Waals surface area contributed by atoms with E-state index in [0.717, 1.165) is 17.7 Å². The van der Waals surface area contributed by atoms with E-state index in [1.54, 1.807) is 24.3 Å². The Morgan fingerprint density at radius 1 is 1.12 bits per heavy atom. The largest absolute Gasteiger partial charge is 0.477 e. The van der Waals surface area contributed by atoms with Gasteiger partial charge in [0.1, 0.15) is 5.71 Å². The number of anilines is 1. The molecule has 2 rings (SSSR count). The van der Waals surface area contributed by atoms with Gasteiger partial charge in [-0.15, -0.1) is 0 Å². The molecule has 0 saturated carbocycles. The summed E-state index contributed by atoms with van der Waals surface area (Å²) in [6, 6.07) is 11.1. The molecule has 0 saturated heterocycles. The molecule has 0 spiro atoms. The van der Waals surface area contributed by atoms with Crippen molar-refractivity contribution in [2.24, 2.45) is 5.10 Å². The van der Waals surface area contributed by atoms with E-state index >= 15 is 0 Å². The summed E-state index contributed by atoms with van der Waals surface area (Å²) in [5, 5.41) is 14.9. The first kappa shape index (κ1) is 18.8. The summed E-state index contributed by atoms with van der Waals surface area (Å²) >= 11 is 5.83. The van der Waals surface area contributed by atoms with Crippen LogP contribution in [0.3, 0.4) is 0 Å². The van der Waals surface area contributed by atoms with Gasteiger partial charge < -0.3 is 5.11 Å². The highest BCUT2D eigenvalue weighted by Crippen LogP contribution is 2.31. The van der Waals surface area contributed by atoms with Gasteiger partial charge in [-0.3, -0.25) is 5.01 Å². The summed E-state index contributed by atoms with van der Waals surface area (Å²) in [5.41, 5.74) is 0.130. The number of hydrogen-bond donors (Lipinski definition) is 1. The lowest BCUT2D eigenvalue weighted by molar-refractivity contribution is -0.137. The number of alkyl halides is 3. The summed E-state index contributed by atoms with van der Waals surface area (Å²) < 4.78 is 38.1. The van der Waals surface area contributed by atoms with Crippen LogP contribution in [-0.2, 0) is 17.5 Å². The Morgan fingerprint density at radius 2 is 1.68 bits per heavy atom. The maximum Gasteiger partial charge on any atom is 0.416 e. The smallest absolute Gasteiger partial charge is 0.416 e. The van der Waals surface area contributed by atoms with Crippen LogP contribution in [0.15, 0.2) is 53.6 Å². The zero-order chi connectivity index (χ0) is 18.6. The molecule has 0 aromatic heterocycles. The third-order valence-corrected chi connectivity index (χ3v) is 3.57. The molecule has 0 bridgehead atoms. The lowest BCUT2D eigenvalue weighted by atomic mass is 10.1. The minimum absolute atomic E-state index is 0.174. The van der Waals surface area contributed by atoms with E-state index in [1.165, 1.54) is 24.1 Å². The van der Waals surface area contributed by atoms with Crippen LogP contribution in [0.2, 0.25) is 5.02 Å². The van der Waals surface area contributed by atoms with Gasteiger partial charge in [0.2, 0.25) is 0 Å². The molecule has 0 fully saturated rings. The summed E-state index contributed by atoms with van der Waals surface area (Å²) in [6.07, 6.45) is -4.44. The van der Waals surface area contributed by atoms with Crippen molar-refractivity contribution in [3.8, 4) is 0 Å². The van der Waals surface area contributed by atoms with Crippen molar-refractivity contribution in [3.63, 3.8) is 0 Å². The van der Waals surface area contributed by atoms with Crippen molar-refractivity contribution in [1.82, 2.24) is 0 Å². The number of halogens is 4. The van der Waals surface area contributed by atoms with E-state index in [0.29, 0.717) is 10.7 Å². The fourth-order valence-corrected chi connectivity index (χ4v) is 2.12. The number of carboxylic acids is 1. The second kappa shape index (κ2) is 7.57. The lowest BCUT2D eigenvalue weighted by Gasteiger charge is -2.20. The van der Waals surface area contributed by atoms with Crippen molar-refractivity contribution >= 4 is 29.0 Å². The average Bonchev–Trinajstić information content (AvgIpc) is 2.55. The first-order valence-corrected chi connectivity index (χ1v) is 7.52. The van der Waals surface area contributed by atoms with Gasteiger partial charge in [0.25, 0.3) is 0 Å². The SMILES string of the molecule is CC(=NN(Cc1ccc(Cl)cc1)c1ccc(C(F)(F)F)cc1)C(=O)O. The Labute approximate surface area is 147 Å². The number of hydrogen-bond acceptors (Lipinski definition) is 3. The molecule has 1 N–H and O–H groups in total. The zero-order valence-corrected chi connectivity index (χ0v) is 13.8. The first-order chi connectivity index (χ1) is 11.7. The molecule has 4 nitrogen and oxygen atoms in total. The fraction of sp³-hybridized carbons (Fsp3) is 0.176. The van der Waals surface area contributed by atoms with Crippen LogP contribution in [0.5, 0.6) is 0 Å². The molecular weight excluding hydrogens is 357 g/mol. The van der Waals surface area contributed by atoms with Gasteiger partial charge in [-0.05, 0) is 48.9 Å². The Bertz CT molecular complexity index is 772. The Morgan fingerprint density at radius 3 is 2.16 bits per heavy atom. The molecule has 0 aliphatic carbocycles. The maximum atomic E-state index is 12.7. The summed E-state index contributed by atoms with van der Waals surface area (Å²) in [5.74, 6) is -1.21. The highest BCUT2D eigenvalue weighted by atomic mass is 35.5. The minimum Gasteiger partial charge on any atom is -0.477 e. The normalized spacial score (nSPS) is 12.1.